The Kier molecular flexibility index (Phi) is 2.69. The van der Waals surface area contributed by atoms with Gasteiger partial charge in [0.15, 0.2) is 0 Å². The fourth-order valence-corrected chi connectivity index (χ4v) is 1.52. The molecule has 2 heteroatoms. The second kappa shape index (κ2) is 3.35. The summed E-state index contributed by atoms with van der Waals surface area (Å²) in [6, 6.07) is 0.337. The van der Waals surface area contributed by atoms with Crippen molar-refractivity contribution in [3.8, 4) is 0 Å². The maximum absolute atomic E-state index is 9.23. The molecule has 0 radical (unpaired) electrons. The van der Waals surface area contributed by atoms with Crippen LogP contribution in [0.4, 0.5) is 0 Å². The Morgan fingerprint density at radius 2 is 2.30 bits per heavy atom. The standard InChI is InChI=1S/C8H17NO/c1-6-3-4-9-8(5-6)7(2)10/h6-10H,3-5H2,1-2H3/t6-,7-,8-/m0/s1. The summed E-state index contributed by atoms with van der Waals surface area (Å²) in [7, 11) is 0. The summed E-state index contributed by atoms with van der Waals surface area (Å²) >= 11 is 0. The molecule has 10 heavy (non-hydrogen) atoms. The van der Waals surface area contributed by atoms with E-state index < -0.39 is 0 Å². The zero-order valence-electron chi connectivity index (χ0n) is 6.80. The highest BCUT2D eigenvalue weighted by atomic mass is 16.3. The molecule has 0 spiro atoms. The van der Waals surface area contributed by atoms with E-state index in [0.717, 1.165) is 18.9 Å². The summed E-state index contributed by atoms with van der Waals surface area (Å²) in [6.45, 7) is 5.17. The van der Waals surface area contributed by atoms with Crippen molar-refractivity contribution in [1.82, 2.24) is 5.32 Å². The summed E-state index contributed by atoms with van der Waals surface area (Å²) < 4.78 is 0. The molecule has 1 heterocycles. The molecule has 0 aromatic rings. The molecule has 0 aromatic heterocycles. The minimum atomic E-state index is -0.192. The lowest BCUT2D eigenvalue weighted by molar-refractivity contribution is 0.116. The topological polar surface area (TPSA) is 32.3 Å². The molecule has 1 aliphatic heterocycles. The van der Waals surface area contributed by atoms with E-state index in [4.69, 9.17) is 0 Å². The minimum absolute atomic E-state index is 0.192. The first kappa shape index (κ1) is 8.02. The van der Waals surface area contributed by atoms with Crippen LogP contribution in [0.5, 0.6) is 0 Å². The highest BCUT2D eigenvalue weighted by Gasteiger charge is 2.21. The molecule has 1 aliphatic rings. The molecular weight excluding hydrogens is 126 g/mol. The van der Waals surface area contributed by atoms with Crippen LogP contribution < -0.4 is 5.32 Å². The van der Waals surface area contributed by atoms with E-state index in [1.807, 2.05) is 6.92 Å². The van der Waals surface area contributed by atoms with Crippen LogP contribution >= 0.6 is 0 Å². The van der Waals surface area contributed by atoms with Gasteiger partial charge >= 0.3 is 0 Å². The Morgan fingerprint density at radius 3 is 2.70 bits per heavy atom. The third kappa shape index (κ3) is 1.96. The number of hydrogen-bond donors (Lipinski definition) is 2. The summed E-state index contributed by atoms with van der Waals surface area (Å²) in [5, 5.41) is 12.5. The smallest absolute Gasteiger partial charge is 0.0665 e. The predicted molar refractivity (Wildman–Crippen MR) is 41.9 cm³/mol. The van der Waals surface area contributed by atoms with Crippen molar-refractivity contribution >= 4 is 0 Å². The van der Waals surface area contributed by atoms with Crippen LogP contribution in [-0.2, 0) is 0 Å². The number of aliphatic hydroxyl groups is 1. The van der Waals surface area contributed by atoms with Crippen molar-refractivity contribution in [3.63, 3.8) is 0 Å². The lowest BCUT2D eigenvalue weighted by Gasteiger charge is -2.29. The number of nitrogens with one attached hydrogen (secondary N) is 1. The summed E-state index contributed by atoms with van der Waals surface area (Å²) in [6.07, 6.45) is 2.18. The van der Waals surface area contributed by atoms with Gasteiger partial charge in [-0.1, -0.05) is 6.92 Å². The highest BCUT2D eigenvalue weighted by molar-refractivity contribution is 4.79. The zero-order valence-corrected chi connectivity index (χ0v) is 6.80. The van der Waals surface area contributed by atoms with E-state index in [1.165, 1.54) is 6.42 Å². The molecule has 0 bridgehead atoms. The summed E-state index contributed by atoms with van der Waals surface area (Å²) in [4.78, 5) is 0. The van der Waals surface area contributed by atoms with E-state index in [9.17, 15) is 5.11 Å². The van der Waals surface area contributed by atoms with Gasteiger partial charge in [0, 0.05) is 6.04 Å². The third-order valence-electron chi connectivity index (χ3n) is 2.28. The van der Waals surface area contributed by atoms with Crippen LogP contribution in [0.3, 0.4) is 0 Å². The van der Waals surface area contributed by atoms with Crippen LogP contribution in [0.2, 0.25) is 0 Å². The number of piperidine rings is 1. The van der Waals surface area contributed by atoms with Crippen LogP contribution in [-0.4, -0.2) is 23.8 Å². The molecule has 1 fully saturated rings. The van der Waals surface area contributed by atoms with Gasteiger partial charge in [0.05, 0.1) is 6.10 Å². The lowest BCUT2D eigenvalue weighted by Crippen LogP contribution is -2.44. The van der Waals surface area contributed by atoms with Gasteiger partial charge < -0.3 is 10.4 Å². The van der Waals surface area contributed by atoms with E-state index in [0.29, 0.717) is 6.04 Å². The van der Waals surface area contributed by atoms with E-state index >= 15 is 0 Å². The SMILES string of the molecule is C[C@H]1CCN[C@H]([C@H](C)O)C1. The minimum Gasteiger partial charge on any atom is -0.392 e. The molecule has 0 aromatic carbocycles. The van der Waals surface area contributed by atoms with Gasteiger partial charge in [-0.2, -0.15) is 0 Å². The maximum atomic E-state index is 9.23. The van der Waals surface area contributed by atoms with Crippen molar-refractivity contribution in [2.24, 2.45) is 5.92 Å². The van der Waals surface area contributed by atoms with Crippen LogP contribution in [0.1, 0.15) is 26.7 Å². The quantitative estimate of drug-likeness (QED) is 0.568. The first-order valence-corrected chi connectivity index (χ1v) is 4.11. The van der Waals surface area contributed by atoms with Crippen LogP contribution in [0, 0.1) is 5.92 Å². The molecule has 1 rings (SSSR count). The van der Waals surface area contributed by atoms with Crippen LogP contribution in [0.25, 0.3) is 0 Å². The average molecular weight is 143 g/mol. The third-order valence-corrected chi connectivity index (χ3v) is 2.28. The highest BCUT2D eigenvalue weighted by Crippen LogP contribution is 2.16. The normalized spacial score (nSPS) is 37.5. The van der Waals surface area contributed by atoms with Gasteiger partial charge in [0.25, 0.3) is 0 Å². The molecule has 0 aliphatic carbocycles. The van der Waals surface area contributed by atoms with Crippen molar-refractivity contribution in [2.75, 3.05) is 6.54 Å². The Hall–Kier alpha value is -0.0800. The van der Waals surface area contributed by atoms with Gasteiger partial charge in [-0.15, -0.1) is 0 Å². The number of rotatable bonds is 1. The van der Waals surface area contributed by atoms with Crippen LogP contribution in [0.15, 0.2) is 0 Å². The van der Waals surface area contributed by atoms with Gasteiger partial charge in [-0.3, -0.25) is 0 Å². The molecular formula is C8H17NO. The van der Waals surface area contributed by atoms with Crippen molar-refractivity contribution in [1.29, 1.82) is 0 Å². The zero-order chi connectivity index (χ0) is 7.56. The molecule has 2 N–H and O–H groups in total. The van der Waals surface area contributed by atoms with Gasteiger partial charge in [0.1, 0.15) is 0 Å². The molecule has 0 unspecified atom stereocenters. The van der Waals surface area contributed by atoms with Gasteiger partial charge in [0.2, 0.25) is 0 Å². The second-order valence-electron chi connectivity index (χ2n) is 3.43. The Balaban J connectivity index is 2.32. The molecule has 2 nitrogen and oxygen atoms in total. The van der Waals surface area contributed by atoms with Gasteiger partial charge in [-0.25, -0.2) is 0 Å². The molecule has 3 atom stereocenters. The fourth-order valence-electron chi connectivity index (χ4n) is 1.52. The predicted octanol–water partition coefficient (Wildman–Crippen LogP) is 0.755. The van der Waals surface area contributed by atoms with E-state index in [2.05, 4.69) is 12.2 Å². The molecule has 0 amide bonds. The summed E-state index contributed by atoms with van der Waals surface area (Å²) in [5.74, 6) is 0.779. The molecule has 0 saturated carbocycles. The fraction of sp³-hybridized carbons (Fsp3) is 1.00. The number of hydrogen-bond acceptors (Lipinski definition) is 2. The second-order valence-corrected chi connectivity index (χ2v) is 3.43. The largest absolute Gasteiger partial charge is 0.392 e. The molecule has 60 valence electrons. The van der Waals surface area contributed by atoms with Crippen molar-refractivity contribution < 1.29 is 5.11 Å². The monoisotopic (exact) mass is 143 g/mol. The maximum Gasteiger partial charge on any atom is 0.0665 e. The van der Waals surface area contributed by atoms with Gasteiger partial charge in [-0.05, 0) is 32.2 Å². The molecule has 1 saturated heterocycles. The van der Waals surface area contributed by atoms with Crippen molar-refractivity contribution in [2.45, 2.75) is 38.8 Å². The van der Waals surface area contributed by atoms with E-state index in [1.54, 1.807) is 0 Å². The lowest BCUT2D eigenvalue weighted by atomic mass is 9.92. The Labute approximate surface area is 62.6 Å². The first-order chi connectivity index (χ1) is 4.70. The summed E-state index contributed by atoms with van der Waals surface area (Å²) in [5.41, 5.74) is 0. The Morgan fingerprint density at radius 1 is 1.60 bits per heavy atom. The average Bonchev–Trinajstić information content (AvgIpc) is 1.88. The van der Waals surface area contributed by atoms with Crippen molar-refractivity contribution in [3.05, 3.63) is 0 Å². The van der Waals surface area contributed by atoms with E-state index in [-0.39, 0.29) is 6.10 Å². The Bertz CT molecular complexity index is 103. The first-order valence-electron chi connectivity index (χ1n) is 4.11. The number of aliphatic hydroxyl groups excluding tert-OH is 1.